The normalized spacial score (nSPS) is 16.9. The summed E-state index contributed by atoms with van der Waals surface area (Å²) in [6, 6.07) is 0. The van der Waals surface area contributed by atoms with Crippen LogP contribution in [0.4, 0.5) is 0 Å². The van der Waals surface area contributed by atoms with E-state index in [1.807, 2.05) is 0 Å². The average Bonchev–Trinajstić information content (AvgIpc) is 2.12. The van der Waals surface area contributed by atoms with Crippen LogP contribution in [-0.2, 0) is 4.79 Å². The number of carbonyl (C=O) groups excluding carboxylic acids is 1. The lowest BCUT2D eigenvalue weighted by atomic mass is 10.0. The van der Waals surface area contributed by atoms with Crippen molar-refractivity contribution in [1.29, 1.82) is 0 Å². The molecule has 0 heterocycles. The molecule has 96 valence electrons. The molecule has 0 aliphatic carbocycles. The molecule has 0 bridgehead atoms. The highest BCUT2D eigenvalue weighted by Crippen LogP contribution is 2.02. The standard InChI is InChI=1S/C6H12O6.3ClH/c7-1-3(9)5(11)6(12)4(10)2-8;;;/h1,3-6,8-12H,2H2;3*1H/t3-,4+,5+,6+;;;/m0.../s1. The molecule has 4 atom stereocenters. The maximum absolute atomic E-state index is 9.90. The van der Waals surface area contributed by atoms with E-state index in [-0.39, 0.29) is 43.5 Å². The Hall–Kier alpha value is 0.340. The van der Waals surface area contributed by atoms with E-state index in [4.69, 9.17) is 25.5 Å². The second kappa shape index (κ2) is 12.4. The summed E-state index contributed by atoms with van der Waals surface area (Å²) < 4.78 is 0. The molecule has 0 aromatic heterocycles. The minimum atomic E-state index is -1.79. The molecule has 15 heavy (non-hydrogen) atoms. The highest BCUT2D eigenvalue weighted by atomic mass is 35.5. The second-order valence-corrected chi connectivity index (χ2v) is 2.36. The van der Waals surface area contributed by atoms with Gasteiger partial charge in [-0.25, -0.2) is 0 Å². The van der Waals surface area contributed by atoms with Crippen LogP contribution in [0, 0.1) is 0 Å². The average molecular weight is 290 g/mol. The molecule has 0 rings (SSSR count). The van der Waals surface area contributed by atoms with E-state index in [0.717, 1.165) is 0 Å². The quantitative estimate of drug-likeness (QED) is 0.370. The number of halogens is 3. The van der Waals surface area contributed by atoms with Gasteiger partial charge in [0.05, 0.1) is 6.61 Å². The summed E-state index contributed by atoms with van der Waals surface area (Å²) in [4.78, 5) is 9.90. The van der Waals surface area contributed by atoms with E-state index in [9.17, 15) is 4.79 Å². The molecule has 0 unspecified atom stereocenters. The molecule has 0 spiro atoms. The molecule has 0 amide bonds. The molecule has 0 radical (unpaired) electrons. The Bertz CT molecular complexity index is 149. The van der Waals surface area contributed by atoms with Crippen molar-refractivity contribution in [1.82, 2.24) is 0 Å². The highest BCUT2D eigenvalue weighted by Gasteiger charge is 2.29. The van der Waals surface area contributed by atoms with Gasteiger partial charge in [-0.15, -0.1) is 37.2 Å². The summed E-state index contributed by atoms with van der Waals surface area (Å²) in [5, 5.41) is 43.5. The molecule has 6 nitrogen and oxygen atoms in total. The van der Waals surface area contributed by atoms with Crippen LogP contribution in [0.25, 0.3) is 0 Å². The van der Waals surface area contributed by atoms with Gasteiger partial charge >= 0.3 is 0 Å². The van der Waals surface area contributed by atoms with Gasteiger partial charge in [0.25, 0.3) is 0 Å². The maximum Gasteiger partial charge on any atom is 0.151 e. The first-order chi connectivity index (χ1) is 5.54. The predicted octanol–water partition coefficient (Wildman–Crippen LogP) is -2.11. The van der Waals surface area contributed by atoms with E-state index in [0.29, 0.717) is 0 Å². The van der Waals surface area contributed by atoms with E-state index in [2.05, 4.69) is 0 Å². The molecular weight excluding hydrogens is 274 g/mol. The molecule has 0 fully saturated rings. The lowest BCUT2D eigenvalue weighted by Gasteiger charge is -2.22. The van der Waals surface area contributed by atoms with Crippen LogP contribution < -0.4 is 0 Å². The van der Waals surface area contributed by atoms with Gasteiger partial charge in [0.15, 0.2) is 6.29 Å². The molecule has 5 N–H and O–H groups in total. The van der Waals surface area contributed by atoms with Crippen LogP contribution in [0.5, 0.6) is 0 Å². The third kappa shape index (κ3) is 8.18. The van der Waals surface area contributed by atoms with E-state index in [1.54, 1.807) is 0 Å². The summed E-state index contributed by atoms with van der Waals surface area (Å²) in [6.07, 6.45) is -6.84. The largest absolute Gasteiger partial charge is 0.394 e. The minimum Gasteiger partial charge on any atom is -0.394 e. The van der Waals surface area contributed by atoms with Crippen molar-refractivity contribution in [3.8, 4) is 0 Å². The Morgan fingerprint density at radius 3 is 1.60 bits per heavy atom. The van der Waals surface area contributed by atoms with Crippen molar-refractivity contribution in [2.45, 2.75) is 24.4 Å². The maximum atomic E-state index is 9.90. The number of hydrogen-bond donors (Lipinski definition) is 5. The van der Waals surface area contributed by atoms with Gasteiger partial charge in [-0.2, -0.15) is 0 Å². The fourth-order valence-electron chi connectivity index (χ4n) is 0.618. The zero-order valence-electron chi connectivity index (χ0n) is 7.46. The fourth-order valence-corrected chi connectivity index (χ4v) is 0.618. The minimum absolute atomic E-state index is 0. The predicted molar refractivity (Wildman–Crippen MR) is 58.9 cm³/mol. The number of aliphatic hydroxyl groups is 5. The number of aliphatic hydroxyl groups excluding tert-OH is 5. The zero-order valence-corrected chi connectivity index (χ0v) is 9.91. The fraction of sp³-hybridized carbons (Fsp3) is 0.833. The Labute approximate surface area is 105 Å². The second-order valence-electron chi connectivity index (χ2n) is 2.36. The summed E-state index contributed by atoms with van der Waals surface area (Å²) in [7, 11) is 0. The van der Waals surface area contributed by atoms with Crippen LogP contribution in [-0.4, -0.2) is 62.8 Å². The van der Waals surface area contributed by atoms with Crippen molar-refractivity contribution < 1.29 is 30.3 Å². The highest BCUT2D eigenvalue weighted by molar-refractivity contribution is 5.86. The van der Waals surface area contributed by atoms with Crippen LogP contribution in [0.2, 0.25) is 0 Å². The SMILES string of the molecule is Cl.Cl.Cl.O=C[C@H](O)[C@@H](O)[C@H](O)[C@H](O)CO. The first-order valence-electron chi connectivity index (χ1n) is 3.33. The monoisotopic (exact) mass is 288 g/mol. The zero-order chi connectivity index (χ0) is 9.72. The van der Waals surface area contributed by atoms with Crippen molar-refractivity contribution in [3.05, 3.63) is 0 Å². The third-order valence-corrected chi connectivity index (χ3v) is 1.42. The molecule has 0 aliphatic rings. The van der Waals surface area contributed by atoms with Gasteiger partial charge in [-0.1, -0.05) is 0 Å². The topological polar surface area (TPSA) is 118 Å². The number of carbonyl (C=O) groups is 1. The smallest absolute Gasteiger partial charge is 0.151 e. The Morgan fingerprint density at radius 2 is 1.33 bits per heavy atom. The Kier molecular flexibility index (Phi) is 20.3. The molecule has 0 aliphatic heterocycles. The van der Waals surface area contributed by atoms with E-state index in [1.165, 1.54) is 0 Å². The molecular formula is C6H15Cl3O6. The lowest BCUT2D eigenvalue weighted by Crippen LogP contribution is -2.46. The van der Waals surface area contributed by atoms with Crippen molar-refractivity contribution in [2.75, 3.05) is 6.61 Å². The van der Waals surface area contributed by atoms with Crippen molar-refractivity contribution in [2.24, 2.45) is 0 Å². The summed E-state index contributed by atoms with van der Waals surface area (Å²) in [5.74, 6) is 0. The van der Waals surface area contributed by atoms with Gasteiger partial charge in [0.2, 0.25) is 0 Å². The summed E-state index contributed by atoms with van der Waals surface area (Å²) in [6.45, 7) is -0.760. The molecule has 0 saturated heterocycles. The first-order valence-corrected chi connectivity index (χ1v) is 3.33. The van der Waals surface area contributed by atoms with Crippen LogP contribution >= 0.6 is 37.2 Å². The van der Waals surface area contributed by atoms with Gasteiger partial charge < -0.3 is 30.3 Å². The summed E-state index contributed by atoms with van der Waals surface area (Å²) in [5.41, 5.74) is 0. The number of rotatable bonds is 5. The molecule has 9 heteroatoms. The van der Waals surface area contributed by atoms with Crippen LogP contribution in [0.1, 0.15) is 0 Å². The van der Waals surface area contributed by atoms with E-state index < -0.39 is 31.0 Å². The van der Waals surface area contributed by atoms with Crippen LogP contribution in [0.15, 0.2) is 0 Å². The van der Waals surface area contributed by atoms with Gasteiger partial charge in [-0.3, -0.25) is 0 Å². The Balaban J connectivity index is -0.000000202. The Morgan fingerprint density at radius 1 is 0.933 bits per heavy atom. The van der Waals surface area contributed by atoms with Crippen LogP contribution in [0.3, 0.4) is 0 Å². The molecule has 0 aromatic carbocycles. The molecule has 0 saturated carbocycles. The van der Waals surface area contributed by atoms with Gasteiger partial charge in [-0.05, 0) is 0 Å². The van der Waals surface area contributed by atoms with Crippen molar-refractivity contribution >= 4 is 43.5 Å². The van der Waals surface area contributed by atoms with Gasteiger partial charge in [0.1, 0.15) is 24.4 Å². The van der Waals surface area contributed by atoms with Crippen molar-refractivity contribution in [3.63, 3.8) is 0 Å². The van der Waals surface area contributed by atoms with Gasteiger partial charge in [0, 0.05) is 0 Å². The third-order valence-electron chi connectivity index (χ3n) is 1.42. The first kappa shape index (κ1) is 24.5. The van der Waals surface area contributed by atoms with E-state index >= 15 is 0 Å². The lowest BCUT2D eigenvalue weighted by molar-refractivity contribution is -0.136. The number of aldehydes is 1. The number of hydrogen-bond acceptors (Lipinski definition) is 6. The molecule has 0 aromatic rings. The summed E-state index contributed by atoms with van der Waals surface area (Å²) >= 11 is 0.